The summed E-state index contributed by atoms with van der Waals surface area (Å²) in [6.07, 6.45) is 0. The summed E-state index contributed by atoms with van der Waals surface area (Å²) >= 11 is 0. The van der Waals surface area contributed by atoms with Gasteiger partial charge in [-0.1, -0.05) is 121 Å². The molecule has 4 heteroatoms. The number of benzene rings is 8. The van der Waals surface area contributed by atoms with Crippen LogP contribution in [-0.2, 0) is 0 Å². The lowest BCUT2D eigenvalue weighted by Gasteiger charge is -2.19. The van der Waals surface area contributed by atoms with E-state index in [0.29, 0.717) is 16.8 Å². The molecule has 0 saturated heterocycles. The number of rotatable bonds is 4. The molecule has 0 N–H and O–H groups in total. The third kappa shape index (κ3) is 4.32. The quantitative estimate of drug-likeness (QED) is 0.189. The first-order valence-corrected chi connectivity index (χ1v) is 17.3. The predicted molar refractivity (Wildman–Crippen MR) is 213 cm³/mol. The van der Waals surface area contributed by atoms with E-state index in [0.717, 1.165) is 71.6 Å². The lowest BCUT2D eigenvalue weighted by molar-refractivity contribution is 1.08. The normalized spacial score (nSPS) is 11.4. The molecule has 8 aromatic carbocycles. The van der Waals surface area contributed by atoms with E-state index in [2.05, 4.69) is 167 Å². The van der Waals surface area contributed by atoms with Crippen LogP contribution in [0.2, 0.25) is 0 Å². The van der Waals surface area contributed by atoms with Crippen LogP contribution in [0.4, 0.5) is 0 Å². The first kappa shape index (κ1) is 29.5. The van der Waals surface area contributed by atoms with Crippen LogP contribution in [-0.4, -0.2) is 9.13 Å². The van der Waals surface area contributed by atoms with E-state index in [1.165, 1.54) is 10.8 Å². The lowest BCUT2D eigenvalue weighted by atomic mass is 10.0. The summed E-state index contributed by atoms with van der Waals surface area (Å²) in [6.45, 7) is 0. The van der Waals surface area contributed by atoms with Crippen LogP contribution < -0.4 is 0 Å². The van der Waals surface area contributed by atoms with Gasteiger partial charge in [-0.2, -0.15) is 10.5 Å². The van der Waals surface area contributed by atoms with Crippen LogP contribution >= 0.6 is 0 Å². The molecule has 10 aromatic rings. The Kier molecular flexibility index (Phi) is 6.58. The number of hydrogen-bond donors (Lipinski definition) is 0. The van der Waals surface area contributed by atoms with Gasteiger partial charge in [0.05, 0.1) is 44.6 Å². The smallest absolute Gasteiger partial charge is 0.103 e. The minimum atomic E-state index is 0.337. The lowest BCUT2D eigenvalue weighted by Crippen LogP contribution is -2.07. The van der Waals surface area contributed by atoms with Gasteiger partial charge in [-0.25, -0.2) is 0 Å². The van der Waals surface area contributed by atoms with Gasteiger partial charge in [0.25, 0.3) is 0 Å². The molecule has 240 valence electrons. The molecule has 0 fully saturated rings. The molecule has 0 atom stereocenters. The molecule has 0 aliphatic heterocycles. The van der Waals surface area contributed by atoms with Gasteiger partial charge in [-0.3, -0.25) is 0 Å². The average Bonchev–Trinajstić information content (AvgIpc) is 3.73. The third-order valence-electron chi connectivity index (χ3n) is 10.4. The van der Waals surface area contributed by atoms with E-state index in [1.807, 2.05) is 18.2 Å². The van der Waals surface area contributed by atoms with Gasteiger partial charge in [0.15, 0.2) is 0 Å². The zero-order valence-corrected chi connectivity index (χ0v) is 28.0. The largest absolute Gasteiger partial charge is 0.307 e. The van der Waals surface area contributed by atoms with Gasteiger partial charge in [0, 0.05) is 21.5 Å². The Balaban J connectivity index is 1.36. The molecule has 0 spiro atoms. The maximum atomic E-state index is 10.9. The van der Waals surface area contributed by atoms with Gasteiger partial charge >= 0.3 is 0 Å². The van der Waals surface area contributed by atoms with Crippen molar-refractivity contribution >= 4 is 54.4 Å². The van der Waals surface area contributed by atoms with E-state index in [1.54, 1.807) is 6.07 Å². The summed E-state index contributed by atoms with van der Waals surface area (Å²) in [5.41, 5.74) is 10.6. The first-order valence-electron chi connectivity index (χ1n) is 17.3. The van der Waals surface area contributed by atoms with Gasteiger partial charge < -0.3 is 9.13 Å². The van der Waals surface area contributed by atoms with Gasteiger partial charge in [0.1, 0.15) is 12.1 Å². The first-order chi connectivity index (χ1) is 25.7. The molecule has 2 heterocycles. The zero-order chi connectivity index (χ0) is 34.8. The van der Waals surface area contributed by atoms with Crippen LogP contribution in [0.25, 0.3) is 88.0 Å². The number of hydrogen-bond acceptors (Lipinski definition) is 2. The molecule has 0 aliphatic carbocycles. The monoisotopic (exact) mass is 660 g/mol. The molecule has 4 nitrogen and oxygen atoms in total. The van der Waals surface area contributed by atoms with E-state index in [9.17, 15) is 10.5 Å². The minimum Gasteiger partial charge on any atom is -0.307 e. The third-order valence-corrected chi connectivity index (χ3v) is 10.4. The second-order valence-electron chi connectivity index (χ2n) is 13.1. The van der Waals surface area contributed by atoms with Crippen molar-refractivity contribution in [2.45, 2.75) is 0 Å². The van der Waals surface area contributed by atoms with Crippen molar-refractivity contribution in [1.29, 1.82) is 10.5 Å². The molecule has 0 amide bonds. The fourth-order valence-corrected chi connectivity index (χ4v) is 8.08. The number of nitriles is 2. The Morgan fingerprint density at radius 3 is 1.58 bits per heavy atom. The van der Waals surface area contributed by atoms with Gasteiger partial charge in [0.2, 0.25) is 0 Å². The molecular weight excluding hydrogens is 633 g/mol. The van der Waals surface area contributed by atoms with E-state index >= 15 is 0 Å². The highest BCUT2D eigenvalue weighted by Crippen LogP contribution is 2.43. The summed E-state index contributed by atoms with van der Waals surface area (Å²) in [4.78, 5) is 0. The molecular formula is C48H28N4. The SMILES string of the molecule is N#Cc1ccc(-n2c3ccccc3c3c4ccccc4ccc32)c(-n2c3ccc(-c4ccccc4)cc3c3cc(-c4ccccc4)ccc32)c1C#N. The Labute approximate surface area is 299 Å². The van der Waals surface area contributed by atoms with E-state index in [-0.39, 0.29) is 0 Å². The molecule has 0 radical (unpaired) electrons. The van der Waals surface area contributed by atoms with Gasteiger partial charge in [-0.15, -0.1) is 0 Å². The molecule has 52 heavy (non-hydrogen) atoms. The number of nitrogens with zero attached hydrogens (tertiary/aromatic N) is 4. The van der Waals surface area contributed by atoms with Crippen molar-refractivity contribution in [3.8, 4) is 45.8 Å². The highest BCUT2D eigenvalue weighted by molar-refractivity contribution is 6.21. The fraction of sp³-hybridized carbons (Fsp3) is 0. The zero-order valence-electron chi connectivity index (χ0n) is 28.0. The van der Waals surface area contributed by atoms with Crippen molar-refractivity contribution in [2.75, 3.05) is 0 Å². The second-order valence-corrected chi connectivity index (χ2v) is 13.1. The Morgan fingerprint density at radius 2 is 0.942 bits per heavy atom. The predicted octanol–water partition coefficient (Wildman–Crippen LogP) is 12.1. The summed E-state index contributed by atoms with van der Waals surface area (Å²) in [5, 5.41) is 28.1. The summed E-state index contributed by atoms with van der Waals surface area (Å²) in [7, 11) is 0. The number of fused-ring (bicyclic) bond motifs is 8. The van der Waals surface area contributed by atoms with Crippen LogP contribution in [0.5, 0.6) is 0 Å². The van der Waals surface area contributed by atoms with Gasteiger partial charge in [-0.05, 0) is 81.6 Å². The van der Waals surface area contributed by atoms with Crippen molar-refractivity contribution in [1.82, 2.24) is 9.13 Å². The maximum absolute atomic E-state index is 10.9. The van der Waals surface area contributed by atoms with E-state index in [4.69, 9.17) is 0 Å². The molecule has 0 bridgehead atoms. The summed E-state index contributed by atoms with van der Waals surface area (Å²) in [6, 6.07) is 63.8. The minimum absolute atomic E-state index is 0.337. The number of para-hydroxylation sites is 1. The Bertz CT molecular complexity index is 3040. The standard InChI is InChI=1S/C48H28N4/c49-29-36-22-26-46(51-42-18-10-9-17-38(42)47-37-16-8-7-15-33(37)19-25-45(47)51)48(41(36)30-50)52-43-23-20-34(31-11-3-1-4-12-31)27-39(43)40-28-35(21-24-44(40)52)32-13-5-2-6-14-32/h1-28H. The maximum Gasteiger partial charge on any atom is 0.103 e. The molecule has 0 aliphatic rings. The fourth-order valence-electron chi connectivity index (χ4n) is 8.08. The molecule has 0 unspecified atom stereocenters. The molecule has 10 rings (SSSR count). The van der Waals surface area contributed by atoms with Crippen LogP contribution in [0.15, 0.2) is 170 Å². The van der Waals surface area contributed by atoms with E-state index < -0.39 is 0 Å². The van der Waals surface area contributed by atoms with Crippen molar-refractivity contribution in [3.63, 3.8) is 0 Å². The van der Waals surface area contributed by atoms with Crippen LogP contribution in [0, 0.1) is 22.7 Å². The van der Waals surface area contributed by atoms with Crippen LogP contribution in [0.1, 0.15) is 11.1 Å². The highest BCUT2D eigenvalue weighted by atomic mass is 15.1. The average molecular weight is 661 g/mol. The highest BCUT2D eigenvalue weighted by Gasteiger charge is 2.25. The van der Waals surface area contributed by atoms with Crippen molar-refractivity contribution in [3.05, 3.63) is 181 Å². The topological polar surface area (TPSA) is 57.4 Å². The summed E-state index contributed by atoms with van der Waals surface area (Å²) < 4.78 is 4.47. The van der Waals surface area contributed by atoms with Crippen molar-refractivity contribution < 1.29 is 0 Å². The molecule has 0 saturated carbocycles. The molecule has 2 aromatic heterocycles. The summed E-state index contributed by atoms with van der Waals surface area (Å²) in [5.74, 6) is 0. The van der Waals surface area contributed by atoms with Crippen LogP contribution in [0.3, 0.4) is 0 Å². The second kappa shape index (κ2) is 11.6. The number of aromatic nitrogens is 2. The Hall–Kier alpha value is -7.40. The van der Waals surface area contributed by atoms with Crippen molar-refractivity contribution in [2.24, 2.45) is 0 Å². The Morgan fingerprint density at radius 1 is 0.385 bits per heavy atom.